The first-order chi connectivity index (χ1) is 14.4. The van der Waals surface area contributed by atoms with Crippen LogP contribution in [-0.2, 0) is 6.61 Å². The van der Waals surface area contributed by atoms with Crippen molar-refractivity contribution in [2.24, 2.45) is 0 Å². The molecule has 1 unspecified atom stereocenters. The van der Waals surface area contributed by atoms with Gasteiger partial charge in [-0.25, -0.2) is 4.98 Å². The minimum absolute atomic E-state index is 0.0807. The van der Waals surface area contributed by atoms with Gasteiger partial charge in [0.1, 0.15) is 17.8 Å². The predicted octanol–water partition coefficient (Wildman–Crippen LogP) is 3.44. The van der Waals surface area contributed by atoms with E-state index in [-0.39, 0.29) is 35.9 Å². The van der Waals surface area contributed by atoms with Crippen LogP contribution in [0.3, 0.4) is 0 Å². The van der Waals surface area contributed by atoms with Gasteiger partial charge in [0, 0.05) is 25.5 Å². The van der Waals surface area contributed by atoms with E-state index in [0.29, 0.717) is 18.8 Å². The smallest absolute Gasteiger partial charge is 0.484 e. The molecule has 3 aromatic rings. The van der Waals surface area contributed by atoms with Gasteiger partial charge < -0.3 is 18.8 Å². The van der Waals surface area contributed by atoms with E-state index in [9.17, 15) is 18.0 Å². The molecule has 1 aromatic carbocycles. The molecule has 0 radical (unpaired) electrons. The van der Waals surface area contributed by atoms with Crippen molar-refractivity contribution < 1.29 is 31.9 Å². The Morgan fingerprint density at radius 2 is 2.00 bits per heavy atom. The average molecular weight is 422 g/mol. The van der Waals surface area contributed by atoms with E-state index < -0.39 is 6.36 Å². The number of oxazole rings is 1. The summed E-state index contributed by atoms with van der Waals surface area (Å²) in [5, 5.41) is 4.21. The summed E-state index contributed by atoms with van der Waals surface area (Å²) in [5.41, 5.74) is 0.170. The fraction of sp³-hybridized carbons (Fsp3) is 0.316. The molecule has 1 fully saturated rings. The van der Waals surface area contributed by atoms with Gasteiger partial charge in [-0.05, 0) is 36.8 Å². The number of carbonyl (C=O) groups is 1. The molecule has 0 bridgehead atoms. The van der Waals surface area contributed by atoms with E-state index in [2.05, 4.69) is 14.8 Å². The standard InChI is InChI=1S/C19H17F3N4O4/c20-19(21,22)30-15-4-2-14(3-5-15)28-12-17-24-16(11-29-17)18(27)25-9-6-13(10-25)26-8-1-7-23-26/h1-5,7-8,11,13H,6,9-10,12H2. The number of ether oxygens (including phenoxy) is 2. The molecule has 1 amide bonds. The summed E-state index contributed by atoms with van der Waals surface area (Å²) >= 11 is 0. The number of rotatable bonds is 6. The molecule has 1 aliphatic heterocycles. The van der Waals surface area contributed by atoms with Crippen LogP contribution in [0.1, 0.15) is 28.8 Å². The van der Waals surface area contributed by atoms with E-state index >= 15 is 0 Å². The van der Waals surface area contributed by atoms with Gasteiger partial charge in [-0.1, -0.05) is 0 Å². The zero-order chi connectivity index (χ0) is 21.1. The summed E-state index contributed by atoms with van der Waals surface area (Å²) in [7, 11) is 0. The highest BCUT2D eigenvalue weighted by Gasteiger charge is 2.31. The first-order valence-corrected chi connectivity index (χ1v) is 9.09. The number of likely N-dealkylation sites (tertiary alicyclic amines) is 1. The quantitative estimate of drug-likeness (QED) is 0.605. The largest absolute Gasteiger partial charge is 0.573 e. The van der Waals surface area contributed by atoms with Crippen LogP contribution in [-0.4, -0.2) is 45.0 Å². The molecule has 0 spiro atoms. The summed E-state index contributed by atoms with van der Waals surface area (Å²) in [6, 6.07) is 6.90. The first-order valence-electron chi connectivity index (χ1n) is 9.09. The molecule has 1 aliphatic rings. The van der Waals surface area contributed by atoms with Crippen LogP contribution in [0.5, 0.6) is 11.5 Å². The van der Waals surface area contributed by atoms with Crippen molar-refractivity contribution in [3.63, 3.8) is 0 Å². The highest BCUT2D eigenvalue weighted by atomic mass is 19.4. The van der Waals surface area contributed by atoms with Crippen molar-refractivity contribution in [3.8, 4) is 11.5 Å². The molecule has 4 rings (SSSR count). The number of halogens is 3. The van der Waals surface area contributed by atoms with Crippen LogP contribution >= 0.6 is 0 Å². The van der Waals surface area contributed by atoms with Crippen LogP contribution in [0.15, 0.2) is 53.4 Å². The number of hydrogen-bond donors (Lipinski definition) is 0. The molecular formula is C19H17F3N4O4. The third-order valence-corrected chi connectivity index (χ3v) is 4.54. The monoisotopic (exact) mass is 422 g/mol. The lowest BCUT2D eigenvalue weighted by Crippen LogP contribution is -2.29. The summed E-state index contributed by atoms with van der Waals surface area (Å²) < 4.78 is 52.9. The van der Waals surface area contributed by atoms with Crippen LogP contribution in [0.25, 0.3) is 0 Å². The van der Waals surface area contributed by atoms with Crippen molar-refractivity contribution >= 4 is 5.91 Å². The fourth-order valence-corrected chi connectivity index (χ4v) is 3.16. The minimum atomic E-state index is -4.75. The lowest BCUT2D eigenvalue weighted by atomic mass is 10.3. The SMILES string of the molecule is O=C(c1coc(COc2ccc(OC(F)(F)F)cc2)n1)N1CCC(n2cccn2)C1. The summed E-state index contributed by atoms with van der Waals surface area (Å²) in [6.45, 7) is 1.04. The van der Waals surface area contributed by atoms with Crippen molar-refractivity contribution in [1.82, 2.24) is 19.7 Å². The molecule has 30 heavy (non-hydrogen) atoms. The van der Waals surface area contributed by atoms with Gasteiger partial charge >= 0.3 is 6.36 Å². The normalized spacial score (nSPS) is 16.6. The number of aromatic nitrogens is 3. The highest BCUT2D eigenvalue weighted by molar-refractivity contribution is 5.92. The van der Waals surface area contributed by atoms with E-state index in [1.807, 2.05) is 16.9 Å². The Kier molecular flexibility index (Phi) is 5.34. The van der Waals surface area contributed by atoms with Crippen LogP contribution in [0.2, 0.25) is 0 Å². The molecule has 0 aliphatic carbocycles. The molecule has 2 aromatic heterocycles. The Balaban J connectivity index is 1.30. The second-order valence-electron chi connectivity index (χ2n) is 6.61. The average Bonchev–Trinajstić information content (AvgIpc) is 3.47. The molecule has 158 valence electrons. The van der Waals surface area contributed by atoms with E-state index in [1.54, 1.807) is 11.1 Å². The second kappa shape index (κ2) is 8.09. The number of amides is 1. The van der Waals surface area contributed by atoms with Gasteiger partial charge in [-0.3, -0.25) is 9.48 Å². The van der Waals surface area contributed by atoms with E-state index in [0.717, 1.165) is 18.6 Å². The highest BCUT2D eigenvalue weighted by Crippen LogP contribution is 2.25. The summed E-state index contributed by atoms with van der Waals surface area (Å²) in [6.07, 6.45) is 0.881. The molecule has 3 heterocycles. The number of alkyl halides is 3. The number of benzene rings is 1. The van der Waals surface area contributed by atoms with Crippen LogP contribution < -0.4 is 9.47 Å². The Bertz CT molecular complexity index is 986. The minimum Gasteiger partial charge on any atom is -0.484 e. The van der Waals surface area contributed by atoms with Gasteiger partial charge in [0.25, 0.3) is 5.91 Å². The molecule has 11 heteroatoms. The maximum atomic E-state index is 12.6. The first kappa shape index (κ1) is 19.8. The Labute approximate surface area is 168 Å². The van der Waals surface area contributed by atoms with Crippen LogP contribution in [0.4, 0.5) is 13.2 Å². The predicted molar refractivity (Wildman–Crippen MR) is 95.7 cm³/mol. The molecule has 0 N–H and O–H groups in total. The Morgan fingerprint density at radius 3 is 2.70 bits per heavy atom. The van der Waals surface area contributed by atoms with Gasteiger partial charge in [-0.2, -0.15) is 5.10 Å². The number of nitrogens with zero attached hydrogens (tertiary/aromatic N) is 4. The Morgan fingerprint density at radius 1 is 1.23 bits per heavy atom. The number of carbonyl (C=O) groups excluding carboxylic acids is 1. The van der Waals surface area contributed by atoms with Crippen molar-refractivity contribution in [3.05, 3.63) is 60.6 Å². The van der Waals surface area contributed by atoms with E-state index in [4.69, 9.17) is 9.15 Å². The maximum Gasteiger partial charge on any atom is 0.573 e. The lowest BCUT2D eigenvalue weighted by Gasteiger charge is -2.15. The van der Waals surface area contributed by atoms with E-state index in [1.165, 1.54) is 18.4 Å². The second-order valence-corrected chi connectivity index (χ2v) is 6.61. The third-order valence-electron chi connectivity index (χ3n) is 4.54. The maximum absolute atomic E-state index is 12.6. The molecular weight excluding hydrogens is 405 g/mol. The Hall–Kier alpha value is -3.50. The summed E-state index contributed by atoms with van der Waals surface area (Å²) in [5.74, 6) is -0.111. The zero-order valence-electron chi connectivity index (χ0n) is 15.6. The lowest BCUT2D eigenvalue weighted by molar-refractivity contribution is -0.274. The zero-order valence-corrected chi connectivity index (χ0v) is 15.6. The van der Waals surface area contributed by atoms with Gasteiger partial charge in [0.2, 0.25) is 5.89 Å². The van der Waals surface area contributed by atoms with Crippen molar-refractivity contribution in [2.45, 2.75) is 25.4 Å². The molecule has 0 saturated carbocycles. The fourth-order valence-electron chi connectivity index (χ4n) is 3.16. The van der Waals surface area contributed by atoms with Crippen molar-refractivity contribution in [2.75, 3.05) is 13.1 Å². The van der Waals surface area contributed by atoms with Crippen molar-refractivity contribution in [1.29, 1.82) is 0 Å². The van der Waals surface area contributed by atoms with Crippen LogP contribution in [0, 0.1) is 0 Å². The third kappa shape index (κ3) is 4.73. The van der Waals surface area contributed by atoms with Gasteiger partial charge in [0.15, 0.2) is 12.3 Å². The van der Waals surface area contributed by atoms with Gasteiger partial charge in [-0.15, -0.1) is 13.2 Å². The summed E-state index contributed by atoms with van der Waals surface area (Å²) in [4.78, 5) is 18.5. The molecule has 1 atom stereocenters. The topological polar surface area (TPSA) is 82.6 Å². The molecule has 8 nitrogen and oxygen atoms in total. The van der Waals surface area contributed by atoms with Gasteiger partial charge in [0.05, 0.1) is 6.04 Å². The molecule has 1 saturated heterocycles. The number of hydrogen-bond acceptors (Lipinski definition) is 6.